The second kappa shape index (κ2) is 11.6. The molecule has 0 unspecified atom stereocenters. The highest BCUT2D eigenvalue weighted by atomic mass is 32.1. The van der Waals surface area contributed by atoms with Crippen LogP contribution < -0.4 is 10.6 Å². The maximum atomic E-state index is 12.3. The number of nitrogens with one attached hydrogen (secondary N) is 2. The van der Waals surface area contributed by atoms with Crippen LogP contribution in [0.25, 0.3) is 11.1 Å². The molecule has 36 heavy (non-hydrogen) atoms. The lowest BCUT2D eigenvalue weighted by Gasteiger charge is -2.40. The number of pyridine rings is 2. The Morgan fingerprint density at radius 1 is 0.972 bits per heavy atom. The average molecular weight is 517 g/mol. The van der Waals surface area contributed by atoms with Gasteiger partial charge in [-0.1, -0.05) is 31.4 Å². The summed E-state index contributed by atoms with van der Waals surface area (Å²) in [7, 11) is 1.74. The number of benzene rings is 1. The van der Waals surface area contributed by atoms with Gasteiger partial charge in [-0.25, -0.2) is 4.98 Å². The van der Waals surface area contributed by atoms with Crippen LogP contribution >= 0.6 is 12.6 Å². The molecule has 1 aromatic carbocycles. The van der Waals surface area contributed by atoms with E-state index in [0.717, 1.165) is 54.3 Å². The fourth-order valence-electron chi connectivity index (χ4n) is 4.40. The van der Waals surface area contributed by atoms with Crippen molar-refractivity contribution < 1.29 is 17.9 Å². The summed E-state index contributed by atoms with van der Waals surface area (Å²) >= 11 is 4.31. The Hall–Kier alpha value is -2.62. The summed E-state index contributed by atoms with van der Waals surface area (Å²) in [6.07, 6.45) is 4.17. The van der Waals surface area contributed by atoms with Gasteiger partial charge in [0.1, 0.15) is 11.4 Å². The second-order valence-electron chi connectivity index (χ2n) is 9.19. The number of rotatable bonds is 5. The molecule has 0 bridgehead atoms. The highest BCUT2D eigenvalue weighted by molar-refractivity contribution is 7.80. The number of hydrogen-bond acceptors (Lipinski definition) is 6. The largest absolute Gasteiger partial charge is 0.417 e. The Bertz CT molecular complexity index is 1110. The van der Waals surface area contributed by atoms with Gasteiger partial charge in [0.2, 0.25) is 0 Å². The molecule has 9 heteroatoms. The summed E-state index contributed by atoms with van der Waals surface area (Å²) in [4.78, 5) is 9.24. The first-order valence-corrected chi connectivity index (χ1v) is 12.6. The van der Waals surface area contributed by atoms with Crippen LogP contribution in [0, 0.1) is 0 Å². The molecule has 2 aliphatic rings. The Labute approximate surface area is 215 Å². The Morgan fingerprint density at radius 3 is 2.25 bits per heavy atom. The fourth-order valence-corrected chi connectivity index (χ4v) is 4.55. The molecule has 2 aromatic heterocycles. The van der Waals surface area contributed by atoms with Crippen LogP contribution in [0.1, 0.15) is 43.4 Å². The third kappa shape index (κ3) is 6.57. The molecule has 1 aliphatic heterocycles. The van der Waals surface area contributed by atoms with Crippen LogP contribution in [0.3, 0.4) is 0 Å². The van der Waals surface area contributed by atoms with E-state index in [-0.39, 0.29) is 5.60 Å². The first kappa shape index (κ1) is 26.4. The normalized spacial score (nSPS) is 17.5. The van der Waals surface area contributed by atoms with Gasteiger partial charge in [0, 0.05) is 43.5 Å². The lowest BCUT2D eigenvalue weighted by atomic mass is 9.90. The zero-order valence-corrected chi connectivity index (χ0v) is 21.1. The van der Waals surface area contributed by atoms with E-state index in [0.29, 0.717) is 11.9 Å². The summed E-state index contributed by atoms with van der Waals surface area (Å²) in [6, 6.07) is 15.1. The van der Waals surface area contributed by atoms with E-state index < -0.39 is 11.7 Å². The van der Waals surface area contributed by atoms with Gasteiger partial charge < -0.3 is 15.4 Å². The third-order valence-electron chi connectivity index (χ3n) is 6.69. The number of hydrogen-bond donors (Lipinski definition) is 3. The molecule has 2 N–H and O–H groups in total. The number of halogens is 3. The maximum Gasteiger partial charge on any atom is 0.417 e. The predicted molar refractivity (Wildman–Crippen MR) is 138 cm³/mol. The van der Waals surface area contributed by atoms with Crippen molar-refractivity contribution in [1.82, 2.24) is 15.3 Å². The van der Waals surface area contributed by atoms with Crippen molar-refractivity contribution in [2.45, 2.75) is 54.8 Å². The van der Waals surface area contributed by atoms with E-state index in [4.69, 9.17) is 4.74 Å². The van der Waals surface area contributed by atoms with Crippen LogP contribution in [0.15, 0.2) is 65.8 Å². The van der Waals surface area contributed by atoms with E-state index in [1.165, 1.54) is 30.9 Å². The first-order valence-electron chi connectivity index (χ1n) is 12.1. The van der Waals surface area contributed by atoms with E-state index in [2.05, 4.69) is 51.4 Å². The van der Waals surface area contributed by atoms with Gasteiger partial charge in [0.05, 0.1) is 11.3 Å². The first-order chi connectivity index (χ1) is 17.3. The minimum Gasteiger partial charge on any atom is -0.369 e. The molecule has 0 radical (unpaired) electrons. The Kier molecular flexibility index (Phi) is 8.54. The van der Waals surface area contributed by atoms with Crippen molar-refractivity contribution >= 4 is 18.4 Å². The van der Waals surface area contributed by atoms with Gasteiger partial charge in [0.25, 0.3) is 0 Å². The number of anilines is 1. The molecule has 1 aliphatic carbocycles. The third-order valence-corrected chi connectivity index (χ3v) is 6.99. The summed E-state index contributed by atoms with van der Waals surface area (Å²) in [5.41, 5.74) is 2.34. The van der Waals surface area contributed by atoms with Gasteiger partial charge in [-0.3, -0.25) is 4.98 Å². The van der Waals surface area contributed by atoms with Crippen LogP contribution in [0.4, 0.5) is 19.0 Å². The molecule has 0 atom stereocenters. The molecule has 1 saturated heterocycles. The molecule has 2 fully saturated rings. The van der Waals surface area contributed by atoms with Crippen molar-refractivity contribution in [1.29, 1.82) is 0 Å². The van der Waals surface area contributed by atoms with Crippen LogP contribution in [-0.4, -0.2) is 36.2 Å². The van der Waals surface area contributed by atoms with Gasteiger partial charge in [0.15, 0.2) is 0 Å². The minimum absolute atomic E-state index is 0.264. The number of alkyl halides is 3. The minimum atomic E-state index is -4.31. The van der Waals surface area contributed by atoms with Gasteiger partial charge in [-0.15, -0.1) is 12.6 Å². The SMILES string of the molecule is COC1(c2cc(-c3ccc(S)cc3)ccn2)CNC1.FC(F)(F)c1ccc(NC2CCCCC2)nc1. The highest BCUT2D eigenvalue weighted by Crippen LogP contribution is 2.31. The zero-order valence-electron chi connectivity index (χ0n) is 20.2. The molecular formula is C27H31F3N4OS. The number of nitrogens with zero attached hydrogens (tertiary/aromatic N) is 2. The smallest absolute Gasteiger partial charge is 0.369 e. The highest BCUT2D eigenvalue weighted by Gasteiger charge is 2.40. The molecule has 192 valence electrons. The van der Waals surface area contributed by atoms with E-state index in [9.17, 15) is 13.2 Å². The van der Waals surface area contributed by atoms with E-state index in [1.54, 1.807) is 7.11 Å². The van der Waals surface area contributed by atoms with E-state index >= 15 is 0 Å². The lowest BCUT2D eigenvalue weighted by Crippen LogP contribution is -2.58. The topological polar surface area (TPSA) is 59.1 Å². The van der Waals surface area contributed by atoms with Crippen molar-refractivity contribution in [2.24, 2.45) is 0 Å². The molecule has 5 rings (SSSR count). The number of thiol groups is 1. The number of ether oxygens (including phenoxy) is 1. The van der Waals surface area contributed by atoms with Crippen LogP contribution in [0.5, 0.6) is 0 Å². The molecule has 0 spiro atoms. The average Bonchev–Trinajstić information content (AvgIpc) is 2.85. The van der Waals surface area contributed by atoms with Crippen molar-refractivity contribution in [3.8, 4) is 11.1 Å². The monoisotopic (exact) mass is 516 g/mol. The maximum absolute atomic E-state index is 12.3. The predicted octanol–water partition coefficient (Wildman–Crippen LogP) is 6.33. The molecule has 3 heterocycles. The fraction of sp³-hybridized carbons (Fsp3) is 0.407. The molecular weight excluding hydrogens is 485 g/mol. The number of aromatic nitrogens is 2. The zero-order chi connectivity index (χ0) is 25.6. The second-order valence-corrected chi connectivity index (χ2v) is 9.70. The lowest BCUT2D eigenvalue weighted by molar-refractivity contribution is -0.137. The summed E-state index contributed by atoms with van der Waals surface area (Å²) in [6.45, 7) is 1.63. The van der Waals surface area contributed by atoms with Gasteiger partial charge in [-0.05, 0) is 60.4 Å². The van der Waals surface area contributed by atoms with Crippen LogP contribution in [0.2, 0.25) is 0 Å². The summed E-state index contributed by atoms with van der Waals surface area (Å²) in [5.74, 6) is 0.532. The van der Waals surface area contributed by atoms with Gasteiger partial charge >= 0.3 is 6.18 Å². The quantitative estimate of drug-likeness (QED) is 0.346. The molecule has 5 nitrogen and oxygen atoms in total. The van der Waals surface area contributed by atoms with Crippen LogP contribution in [-0.2, 0) is 16.5 Å². The molecule has 1 saturated carbocycles. The standard InChI is InChI=1S/C15H16N2OS.C12H15F3N2/c1-18-15(9-16-10-15)14-8-12(6-7-17-14)11-2-4-13(19)5-3-11;13-12(14,15)9-6-7-11(16-8-9)17-10-4-2-1-3-5-10/h2-8,16,19H,9-10H2,1H3;6-8,10H,1-5H2,(H,16,17). The Morgan fingerprint density at radius 2 is 1.69 bits per heavy atom. The molecule has 0 amide bonds. The van der Waals surface area contributed by atoms with Gasteiger partial charge in [-0.2, -0.15) is 13.2 Å². The Balaban J connectivity index is 0.000000170. The van der Waals surface area contributed by atoms with Crippen molar-refractivity contribution in [3.05, 3.63) is 72.2 Å². The molecule has 3 aromatic rings. The summed E-state index contributed by atoms with van der Waals surface area (Å²) in [5, 5.41) is 6.42. The van der Waals surface area contributed by atoms with Crippen molar-refractivity contribution in [3.63, 3.8) is 0 Å². The van der Waals surface area contributed by atoms with Crippen molar-refractivity contribution in [2.75, 3.05) is 25.5 Å². The number of methoxy groups -OCH3 is 1. The van der Waals surface area contributed by atoms with E-state index in [1.807, 2.05) is 24.4 Å². The summed E-state index contributed by atoms with van der Waals surface area (Å²) < 4.78 is 42.6.